The van der Waals surface area contributed by atoms with Gasteiger partial charge in [-0.3, -0.25) is 9.52 Å². The SMILES string of the molecule is Cc1cccc(SNC(=O)c2ccc(C(C)(C)C)nc2N2CC(C)CC2(C)C)n1. The van der Waals surface area contributed by atoms with Gasteiger partial charge in [0.2, 0.25) is 0 Å². The fraction of sp³-hybridized carbons (Fsp3) is 0.522. The average molecular weight is 413 g/mol. The Morgan fingerprint density at radius 1 is 1.21 bits per heavy atom. The number of amides is 1. The first-order valence-corrected chi connectivity index (χ1v) is 11.0. The number of carbonyl (C=O) groups is 1. The zero-order valence-corrected chi connectivity index (χ0v) is 19.4. The molecule has 0 radical (unpaired) electrons. The highest BCUT2D eigenvalue weighted by Crippen LogP contribution is 2.38. The van der Waals surface area contributed by atoms with Crippen LogP contribution in [0.2, 0.25) is 0 Å². The van der Waals surface area contributed by atoms with Crippen molar-refractivity contribution in [3.05, 3.63) is 47.3 Å². The molecule has 1 saturated heterocycles. The molecule has 1 unspecified atom stereocenters. The van der Waals surface area contributed by atoms with E-state index >= 15 is 0 Å². The molecule has 156 valence electrons. The maximum atomic E-state index is 13.1. The molecule has 5 nitrogen and oxygen atoms in total. The zero-order chi connectivity index (χ0) is 21.4. The minimum Gasteiger partial charge on any atom is -0.351 e. The third-order valence-corrected chi connectivity index (χ3v) is 6.05. The van der Waals surface area contributed by atoms with Crippen LogP contribution in [0.1, 0.15) is 69.7 Å². The maximum Gasteiger partial charge on any atom is 0.265 e. The summed E-state index contributed by atoms with van der Waals surface area (Å²) in [5, 5.41) is 0.772. The van der Waals surface area contributed by atoms with E-state index in [0.29, 0.717) is 11.5 Å². The third kappa shape index (κ3) is 4.92. The van der Waals surface area contributed by atoms with Crippen molar-refractivity contribution in [2.45, 2.75) is 70.9 Å². The summed E-state index contributed by atoms with van der Waals surface area (Å²) in [6.07, 6.45) is 1.08. The number of nitrogens with one attached hydrogen (secondary N) is 1. The molecule has 1 amide bonds. The fourth-order valence-corrected chi connectivity index (χ4v) is 4.58. The van der Waals surface area contributed by atoms with Crippen LogP contribution in [0.3, 0.4) is 0 Å². The Labute approximate surface area is 178 Å². The molecule has 0 saturated carbocycles. The maximum absolute atomic E-state index is 13.1. The first-order valence-electron chi connectivity index (χ1n) is 10.2. The minimum absolute atomic E-state index is 0.0385. The molecule has 0 aromatic carbocycles. The molecule has 1 atom stereocenters. The Bertz CT molecular complexity index is 904. The summed E-state index contributed by atoms with van der Waals surface area (Å²) in [4.78, 5) is 24.8. The lowest BCUT2D eigenvalue weighted by Crippen LogP contribution is -2.40. The predicted octanol–water partition coefficient (Wildman–Crippen LogP) is 5.14. The van der Waals surface area contributed by atoms with Crippen LogP contribution in [0.4, 0.5) is 5.82 Å². The molecule has 29 heavy (non-hydrogen) atoms. The fourth-order valence-electron chi connectivity index (χ4n) is 3.94. The van der Waals surface area contributed by atoms with Crippen LogP contribution in [-0.2, 0) is 5.41 Å². The summed E-state index contributed by atoms with van der Waals surface area (Å²) >= 11 is 1.24. The minimum atomic E-state index is -0.142. The highest BCUT2D eigenvalue weighted by Gasteiger charge is 2.39. The Morgan fingerprint density at radius 2 is 1.93 bits per heavy atom. The van der Waals surface area contributed by atoms with Gasteiger partial charge in [-0.25, -0.2) is 9.97 Å². The highest BCUT2D eigenvalue weighted by atomic mass is 32.2. The molecule has 3 rings (SSSR count). The lowest BCUT2D eigenvalue weighted by atomic mass is 9.91. The molecule has 0 aliphatic carbocycles. The van der Waals surface area contributed by atoms with Crippen molar-refractivity contribution >= 4 is 23.7 Å². The molecule has 0 spiro atoms. The monoisotopic (exact) mass is 412 g/mol. The van der Waals surface area contributed by atoms with Gasteiger partial charge in [0, 0.05) is 40.8 Å². The van der Waals surface area contributed by atoms with Crippen molar-refractivity contribution in [2.24, 2.45) is 5.92 Å². The van der Waals surface area contributed by atoms with E-state index in [1.807, 2.05) is 37.3 Å². The van der Waals surface area contributed by atoms with Gasteiger partial charge < -0.3 is 4.90 Å². The second kappa shape index (κ2) is 7.98. The smallest absolute Gasteiger partial charge is 0.265 e. The molecule has 1 fully saturated rings. The number of nitrogens with zero attached hydrogens (tertiary/aromatic N) is 3. The number of aromatic nitrogens is 2. The molecular formula is C23H32N4OS. The van der Waals surface area contributed by atoms with Crippen LogP contribution in [0.25, 0.3) is 0 Å². The summed E-state index contributed by atoms with van der Waals surface area (Å²) in [5.74, 6) is 1.20. The summed E-state index contributed by atoms with van der Waals surface area (Å²) in [6, 6.07) is 9.67. The zero-order valence-electron chi connectivity index (χ0n) is 18.5. The third-order valence-electron chi connectivity index (χ3n) is 5.33. The summed E-state index contributed by atoms with van der Waals surface area (Å²) in [6.45, 7) is 16.0. The van der Waals surface area contributed by atoms with Crippen molar-refractivity contribution < 1.29 is 4.79 Å². The van der Waals surface area contributed by atoms with Gasteiger partial charge in [0.15, 0.2) is 0 Å². The van der Waals surface area contributed by atoms with Gasteiger partial charge >= 0.3 is 0 Å². The molecule has 2 aromatic heterocycles. The lowest BCUT2D eigenvalue weighted by Gasteiger charge is -2.34. The van der Waals surface area contributed by atoms with E-state index in [1.54, 1.807) is 0 Å². The van der Waals surface area contributed by atoms with Crippen LogP contribution in [-0.4, -0.2) is 28.0 Å². The van der Waals surface area contributed by atoms with Crippen LogP contribution in [0, 0.1) is 12.8 Å². The molecule has 3 heterocycles. The Kier molecular flexibility index (Phi) is 5.95. The van der Waals surface area contributed by atoms with E-state index in [-0.39, 0.29) is 16.9 Å². The molecule has 2 aromatic rings. The average Bonchev–Trinajstić information content (AvgIpc) is 2.90. The van der Waals surface area contributed by atoms with Gasteiger partial charge in [-0.2, -0.15) is 0 Å². The number of carbonyl (C=O) groups excluding carboxylic acids is 1. The van der Waals surface area contributed by atoms with E-state index in [4.69, 9.17) is 4.98 Å². The number of rotatable bonds is 4. The largest absolute Gasteiger partial charge is 0.351 e. The van der Waals surface area contributed by atoms with Crippen LogP contribution in [0.5, 0.6) is 0 Å². The summed E-state index contributed by atoms with van der Waals surface area (Å²) < 4.78 is 2.95. The lowest BCUT2D eigenvalue weighted by molar-refractivity contribution is 0.0984. The molecule has 6 heteroatoms. The van der Waals surface area contributed by atoms with Gasteiger partial charge in [0.25, 0.3) is 5.91 Å². The van der Waals surface area contributed by atoms with Crippen LogP contribution in [0.15, 0.2) is 35.4 Å². The van der Waals surface area contributed by atoms with Crippen molar-refractivity contribution in [2.75, 3.05) is 11.4 Å². The van der Waals surface area contributed by atoms with Crippen molar-refractivity contribution in [3.63, 3.8) is 0 Å². The van der Waals surface area contributed by atoms with Gasteiger partial charge in [0.05, 0.1) is 5.56 Å². The van der Waals surface area contributed by atoms with E-state index in [1.165, 1.54) is 11.9 Å². The van der Waals surface area contributed by atoms with Crippen molar-refractivity contribution in [1.82, 2.24) is 14.7 Å². The predicted molar refractivity (Wildman–Crippen MR) is 120 cm³/mol. The standard InChI is InChI=1S/C23H32N4OS/c1-15-13-23(6,7)27(14-15)20-17(11-12-18(25-20)22(3,4)5)21(28)26-29-19-10-8-9-16(2)24-19/h8-12,15H,13-14H2,1-7H3,(H,26,28). The normalized spacial score (nSPS) is 18.7. The molecule has 0 bridgehead atoms. The van der Waals surface area contributed by atoms with E-state index in [9.17, 15) is 4.79 Å². The summed E-state index contributed by atoms with van der Waals surface area (Å²) in [5.41, 5.74) is 2.41. The Balaban J connectivity index is 1.93. The van der Waals surface area contributed by atoms with Gasteiger partial charge in [-0.15, -0.1) is 0 Å². The topological polar surface area (TPSA) is 58.1 Å². The second-order valence-corrected chi connectivity index (χ2v) is 10.5. The van der Waals surface area contributed by atoms with Gasteiger partial charge in [0.1, 0.15) is 10.8 Å². The first kappa shape index (κ1) is 21.6. The quantitative estimate of drug-likeness (QED) is 0.704. The van der Waals surface area contributed by atoms with Gasteiger partial charge in [-0.1, -0.05) is 33.8 Å². The first-order chi connectivity index (χ1) is 13.5. The summed E-state index contributed by atoms with van der Waals surface area (Å²) in [7, 11) is 0. The van der Waals surface area contributed by atoms with Crippen molar-refractivity contribution in [3.8, 4) is 0 Å². The van der Waals surface area contributed by atoms with Crippen molar-refractivity contribution in [1.29, 1.82) is 0 Å². The number of hydrogen-bond donors (Lipinski definition) is 1. The second-order valence-electron chi connectivity index (χ2n) is 9.70. The van der Waals surface area contributed by atoms with E-state index in [0.717, 1.165) is 35.2 Å². The van der Waals surface area contributed by atoms with Crippen LogP contribution >= 0.6 is 11.9 Å². The van der Waals surface area contributed by atoms with E-state index in [2.05, 4.69) is 56.1 Å². The van der Waals surface area contributed by atoms with Crippen LogP contribution < -0.4 is 9.62 Å². The number of pyridine rings is 2. The number of hydrogen-bond acceptors (Lipinski definition) is 5. The molecule has 1 aliphatic heterocycles. The van der Waals surface area contributed by atoms with Gasteiger partial charge in [-0.05, 0) is 57.4 Å². The Morgan fingerprint density at radius 3 is 2.52 bits per heavy atom. The molecular weight excluding hydrogens is 380 g/mol. The van der Waals surface area contributed by atoms with E-state index < -0.39 is 0 Å². The molecule has 1 N–H and O–H groups in total. The highest BCUT2D eigenvalue weighted by molar-refractivity contribution is 7.97. The molecule has 1 aliphatic rings. The Hall–Kier alpha value is -2.08. The number of aryl methyl sites for hydroxylation is 1. The number of anilines is 1.